The van der Waals surface area contributed by atoms with Gasteiger partial charge < -0.3 is 4.52 Å². The third-order valence-electron chi connectivity index (χ3n) is 1.94. The van der Waals surface area contributed by atoms with E-state index in [9.17, 15) is 0 Å². The third kappa shape index (κ3) is 1.40. The maximum Gasteiger partial charge on any atom is 0.310 e. The summed E-state index contributed by atoms with van der Waals surface area (Å²) in [6.45, 7) is 0. The molecule has 1 heterocycles. The molecule has 13 heavy (non-hydrogen) atoms. The van der Waals surface area contributed by atoms with Crippen molar-refractivity contribution in [3.05, 3.63) is 36.4 Å². The van der Waals surface area contributed by atoms with Gasteiger partial charge in [-0.2, -0.15) is 0 Å². The number of hydrogen-bond donors (Lipinski definition) is 1. The van der Waals surface area contributed by atoms with Gasteiger partial charge in [-0.25, -0.2) is 0 Å². The highest BCUT2D eigenvalue weighted by atomic mass is 16.5. The lowest BCUT2D eigenvalue weighted by atomic mass is 10.2. The van der Waals surface area contributed by atoms with E-state index in [1.54, 1.807) is 11.8 Å². The zero-order chi connectivity index (χ0) is 9.26. The zero-order valence-electron chi connectivity index (χ0n) is 7.40. The van der Waals surface area contributed by atoms with Crippen LogP contribution in [-0.2, 0) is 7.05 Å². The monoisotopic (exact) mass is 175 g/mol. The molecule has 0 aliphatic rings. The summed E-state index contributed by atoms with van der Waals surface area (Å²) in [5.74, 6) is 1.42. The Labute approximate surface area is 76.4 Å². The van der Waals surface area contributed by atoms with Crippen molar-refractivity contribution in [2.75, 3.05) is 5.73 Å². The Kier molecular flexibility index (Phi) is 1.77. The van der Waals surface area contributed by atoms with E-state index >= 15 is 0 Å². The number of benzene rings is 1. The minimum atomic E-state index is 0.624. The lowest BCUT2D eigenvalue weighted by Gasteiger charge is -1.90. The maximum atomic E-state index is 5.65. The molecule has 1 aromatic heterocycles. The topological polar surface area (TPSA) is 43.0 Å². The summed E-state index contributed by atoms with van der Waals surface area (Å²) < 4.78 is 6.94. The van der Waals surface area contributed by atoms with E-state index in [0.29, 0.717) is 5.82 Å². The summed E-state index contributed by atoms with van der Waals surface area (Å²) in [5.41, 5.74) is 6.68. The van der Waals surface area contributed by atoms with Gasteiger partial charge in [0.1, 0.15) is 7.05 Å². The number of aromatic nitrogens is 1. The molecular formula is C10H11N2O+. The van der Waals surface area contributed by atoms with Crippen LogP contribution < -0.4 is 10.5 Å². The van der Waals surface area contributed by atoms with Gasteiger partial charge >= 0.3 is 5.82 Å². The van der Waals surface area contributed by atoms with Gasteiger partial charge in [0.05, 0.1) is 6.07 Å². The van der Waals surface area contributed by atoms with Crippen molar-refractivity contribution in [3.8, 4) is 11.3 Å². The number of anilines is 1. The number of nitrogens with two attached hydrogens (primary N) is 1. The summed E-state index contributed by atoms with van der Waals surface area (Å²) in [4.78, 5) is 0. The molecule has 0 unspecified atom stereocenters. The number of hydrogen-bond acceptors (Lipinski definition) is 2. The van der Waals surface area contributed by atoms with E-state index < -0.39 is 0 Å². The molecule has 3 heteroatoms. The molecule has 0 aliphatic carbocycles. The molecule has 2 rings (SSSR count). The molecule has 0 aliphatic heterocycles. The number of nitrogen functional groups attached to an aromatic ring is 1. The maximum absolute atomic E-state index is 5.65. The quantitative estimate of drug-likeness (QED) is 0.665. The molecule has 0 spiro atoms. The van der Waals surface area contributed by atoms with Crippen molar-refractivity contribution in [1.29, 1.82) is 0 Å². The molecule has 0 bridgehead atoms. The van der Waals surface area contributed by atoms with Crippen molar-refractivity contribution in [2.24, 2.45) is 7.05 Å². The van der Waals surface area contributed by atoms with Crippen molar-refractivity contribution in [3.63, 3.8) is 0 Å². The highest BCUT2D eigenvalue weighted by Crippen LogP contribution is 2.18. The molecule has 0 saturated carbocycles. The minimum absolute atomic E-state index is 0.624. The van der Waals surface area contributed by atoms with E-state index in [1.165, 1.54) is 0 Å². The Morgan fingerprint density at radius 2 is 1.92 bits per heavy atom. The fraction of sp³-hybridized carbons (Fsp3) is 0.100. The van der Waals surface area contributed by atoms with Crippen LogP contribution in [0.4, 0.5) is 5.82 Å². The van der Waals surface area contributed by atoms with Gasteiger partial charge in [0, 0.05) is 5.56 Å². The van der Waals surface area contributed by atoms with Crippen LogP contribution >= 0.6 is 0 Å². The summed E-state index contributed by atoms with van der Waals surface area (Å²) in [6, 6.07) is 11.7. The van der Waals surface area contributed by atoms with Crippen LogP contribution in [0.1, 0.15) is 0 Å². The first-order valence-corrected chi connectivity index (χ1v) is 4.08. The summed E-state index contributed by atoms with van der Waals surface area (Å²) in [5, 5.41) is 0. The van der Waals surface area contributed by atoms with Gasteiger partial charge in [-0.05, 0) is 0 Å². The molecule has 2 aromatic rings. The molecule has 3 nitrogen and oxygen atoms in total. The SMILES string of the molecule is C[n+]1oc(-c2ccccc2)cc1N. The third-order valence-corrected chi connectivity index (χ3v) is 1.94. The highest BCUT2D eigenvalue weighted by molar-refractivity contribution is 5.58. The van der Waals surface area contributed by atoms with Gasteiger partial charge in [-0.15, -0.1) is 0 Å². The van der Waals surface area contributed by atoms with Gasteiger partial charge in [-0.1, -0.05) is 35.1 Å². The number of nitrogens with zero attached hydrogens (tertiary/aromatic N) is 1. The molecular weight excluding hydrogens is 164 g/mol. The molecule has 0 radical (unpaired) electrons. The second-order valence-electron chi connectivity index (χ2n) is 2.89. The fourth-order valence-electron chi connectivity index (χ4n) is 1.19. The van der Waals surface area contributed by atoms with Gasteiger partial charge in [0.2, 0.25) is 0 Å². The van der Waals surface area contributed by atoms with Gasteiger partial charge in [0.15, 0.2) is 5.76 Å². The van der Waals surface area contributed by atoms with Crippen LogP contribution in [-0.4, -0.2) is 0 Å². The molecule has 0 saturated heterocycles. The Bertz CT molecular complexity index is 387. The van der Waals surface area contributed by atoms with Crippen LogP contribution in [0.25, 0.3) is 11.3 Å². The van der Waals surface area contributed by atoms with E-state index in [1.807, 2.05) is 36.4 Å². The predicted octanol–water partition coefficient (Wildman–Crippen LogP) is 1.35. The van der Waals surface area contributed by atoms with Crippen LogP contribution in [0.3, 0.4) is 0 Å². The number of aryl methyl sites for hydroxylation is 1. The van der Waals surface area contributed by atoms with Gasteiger partial charge in [0.25, 0.3) is 0 Å². The summed E-state index contributed by atoms with van der Waals surface area (Å²) >= 11 is 0. The average molecular weight is 175 g/mol. The molecule has 1 aromatic carbocycles. The van der Waals surface area contributed by atoms with Crippen LogP contribution in [0.5, 0.6) is 0 Å². The molecule has 66 valence electrons. The first kappa shape index (κ1) is 7.86. The van der Waals surface area contributed by atoms with Crippen LogP contribution in [0.15, 0.2) is 40.9 Å². The Morgan fingerprint density at radius 3 is 2.46 bits per heavy atom. The van der Waals surface area contributed by atoms with Crippen molar-refractivity contribution < 1.29 is 9.26 Å². The largest absolute Gasteiger partial charge is 0.310 e. The Balaban J connectivity index is 2.48. The molecule has 0 amide bonds. The van der Waals surface area contributed by atoms with E-state index in [2.05, 4.69) is 0 Å². The average Bonchev–Trinajstić information content (AvgIpc) is 2.49. The van der Waals surface area contributed by atoms with Crippen molar-refractivity contribution in [2.45, 2.75) is 0 Å². The lowest BCUT2D eigenvalue weighted by molar-refractivity contribution is -0.831. The number of rotatable bonds is 1. The first-order chi connectivity index (χ1) is 6.27. The molecule has 0 atom stereocenters. The smallest absolute Gasteiger partial charge is 0.301 e. The fourth-order valence-corrected chi connectivity index (χ4v) is 1.19. The predicted molar refractivity (Wildman–Crippen MR) is 49.7 cm³/mol. The normalized spacial score (nSPS) is 10.2. The standard InChI is InChI=1S/C10H10N2O/c1-12-10(11)7-9(13-12)8-5-3-2-4-6-8/h2-7,11H,1H3/p+1. The second kappa shape index (κ2) is 2.94. The van der Waals surface area contributed by atoms with E-state index in [0.717, 1.165) is 11.3 Å². The minimum Gasteiger partial charge on any atom is -0.301 e. The molecule has 2 N–H and O–H groups in total. The Morgan fingerprint density at radius 1 is 1.23 bits per heavy atom. The first-order valence-electron chi connectivity index (χ1n) is 4.08. The van der Waals surface area contributed by atoms with Crippen molar-refractivity contribution >= 4 is 5.82 Å². The summed E-state index contributed by atoms with van der Waals surface area (Å²) in [7, 11) is 1.78. The van der Waals surface area contributed by atoms with E-state index in [4.69, 9.17) is 10.3 Å². The highest BCUT2D eigenvalue weighted by Gasteiger charge is 2.10. The van der Waals surface area contributed by atoms with Crippen LogP contribution in [0.2, 0.25) is 0 Å². The lowest BCUT2D eigenvalue weighted by Crippen LogP contribution is -2.28. The van der Waals surface area contributed by atoms with Crippen LogP contribution in [0, 0.1) is 0 Å². The zero-order valence-corrected chi connectivity index (χ0v) is 7.40. The van der Waals surface area contributed by atoms with E-state index in [-0.39, 0.29) is 0 Å². The van der Waals surface area contributed by atoms with Crippen molar-refractivity contribution in [1.82, 2.24) is 0 Å². The van der Waals surface area contributed by atoms with Gasteiger partial charge in [-0.3, -0.25) is 5.73 Å². The Hall–Kier alpha value is -1.77. The molecule has 0 fully saturated rings. The second-order valence-corrected chi connectivity index (χ2v) is 2.89. The summed E-state index contributed by atoms with van der Waals surface area (Å²) in [6.07, 6.45) is 0.